The summed E-state index contributed by atoms with van der Waals surface area (Å²) < 4.78 is 31.4. The number of amides is 2. The standard InChI is InChI=1S/C23H27N3O6S/c1-3-25(4-2)33(30,31)20-13-9-18(10-14-20)24-21(27)16-32-23(29)17-7-11-19(12-8-17)26-15-5-6-22(26)28/h7-14H,3-6,15-16H2,1-2H3,(H,24,27). The summed E-state index contributed by atoms with van der Waals surface area (Å²) in [6.45, 7) is 4.42. The lowest BCUT2D eigenvalue weighted by atomic mass is 10.2. The zero-order chi connectivity index (χ0) is 24.0. The van der Waals surface area contributed by atoms with Crippen molar-refractivity contribution < 1.29 is 27.5 Å². The minimum absolute atomic E-state index is 0.0562. The van der Waals surface area contributed by atoms with Crippen molar-refractivity contribution >= 4 is 39.2 Å². The zero-order valence-corrected chi connectivity index (χ0v) is 19.4. The molecule has 0 atom stereocenters. The first-order valence-corrected chi connectivity index (χ1v) is 12.2. The van der Waals surface area contributed by atoms with Gasteiger partial charge in [0.05, 0.1) is 10.5 Å². The number of benzene rings is 2. The van der Waals surface area contributed by atoms with Crippen LogP contribution >= 0.6 is 0 Å². The SMILES string of the molecule is CCN(CC)S(=O)(=O)c1ccc(NC(=O)COC(=O)c2ccc(N3CCCC3=O)cc2)cc1. The summed E-state index contributed by atoms with van der Waals surface area (Å²) in [5.41, 5.74) is 1.37. The molecule has 1 heterocycles. The van der Waals surface area contributed by atoms with Crippen molar-refractivity contribution in [3.05, 3.63) is 54.1 Å². The van der Waals surface area contributed by atoms with Gasteiger partial charge < -0.3 is 15.0 Å². The zero-order valence-electron chi connectivity index (χ0n) is 18.6. The van der Waals surface area contributed by atoms with E-state index in [1.54, 1.807) is 43.0 Å². The molecule has 0 aromatic heterocycles. The number of anilines is 2. The van der Waals surface area contributed by atoms with Crippen LogP contribution < -0.4 is 10.2 Å². The summed E-state index contributed by atoms with van der Waals surface area (Å²) in [4.78, 5) is 38.0. The van der Waals surface area contributed by atoms with Crippen LogP contribution in [0.3, 0.4) is 0 Å². The van der Waals surface area contributed by atoms with Gasteiger partial charge >= 0.3 is 5.97 Å². The average Bonchev–Trinajstić information content (AvgIpc) is 3.24. The van der Waals surface area contributed by atoms with E-state index in [1.807, 2.05) is 0 Å². The van der Waals surface area contributed by atoms with Gasteiger partial charge in [-0.1, -0.05) is 13.8 Å². The van der Waals surface area contributed by atoms with E-state index in [0.29, 0.717) is 31.7 Å². The highest BCUT2D eigenvalue weighted by atomic mass is 32.2. The molecule has 1 aliphatic heterocycles. The summed E-state index contributed by atoms with van der Waals surface area (Å²) in [7, 11) is -3.58. The van der Waals surface area contributed by atoms with E-state index >= 15 is 0 Å². The maximum Gasteiger partial charge on any atom is 0.338 e. The molecule has 1 fully saturated rings. The number of sulfonamides is 1. The highest BCUT2D eigenvalue weighted by molar-refractivity contribution is 7.89. The second-order valence-corrected chi connectivity index (χ2v) is 9.37. The molecule has 0 saturated carbocycles. The fourth-order valence-electron chi connectivity index (χ4n) is 3.53. The van der Waals surface area contributed by atoms with Gasteiger partial charge in [-0.15, -0.1) is 0 Å². The molecular weight excluding hydrogens is 446 g/mol. The van der Waals surface area contributed by atoms with Crippen LogP contribution in [0.2, 0.25) is 0 Å². The quantitative estimate of drug-likeness (QED) is 0.560. The molecule has 176 valence electrons. The van der Waals surface area contributed by atoms with Gasteiger partial charge in [-0.05, 0) is 55.0 Å². The van der Waals surface area contributed by atoms with Gasteiger partial charge in [0.1, 0.15) is 0 Å². The Hall–Kier alpha value is -3.24. The smallest absolute Gasteiger partial charge is 0.338 e. The number of ether oxygens (including phenoxy) is 1. The van der Waals surface area contributed by atoms with E-state index in [2.05, 4.69) is 5.32 Å². The fraction of sp³-hybridized carbons (Fsp3) is 0.348. The Balaban J connectivity index is 1.53. The number of rotatable bonds is 9. The Morgan fingerprint density at radius 3 is 2.21 bits per heavy atom. The van der Waals surface area contributed by atoms with Crippen LogP contribution in [0.4, 0.5) is 11.4 Å². The van der Waals surface area contributed by atoms with Gasteiger partial charge in [-0.2, -0.15) is 4.31 Å². The van der Waals surface area contributed by atoms with Gasteiger partial charge in [-0.3, -0.25) is 9.59 Å². The largest absolute Gasteiger partial charge is 0.452 e. The molecule has 9 nitrogen and oxygen atoms in total. The molecule has 0 unspecified atom stereocenters. The van der Waals surface area contributed by atoms with Gasteiger partial charge in [0.2, 0.25) is 15.9 Å². The van der Waals surface area contributed by atoms with Crippen molar-refractivity contribution in [2.45, 2.75) is 31.6 Å². The third-order valence-electron chi connectivity index (χ3n) is 5.30. The monoisotopic (exact) mass is 473 g/mol. The summed E-state index contributed by atoms with van der Waals surface area (Å²) in [5, 5.41) is 2.57. The van der Waals surface area contributed by atoms with Crippen LogP contribution in [0.5, 0.6) is 0 Å². The molecule has 3 rings (SSSR count). The lowest BCUT2D eigenvalue weighted by molar-refractivity contribution is -0.119. The van der Waals surface area contributed by atoms with Crippen molar-refractivity contribution in [2.24, 2.45) is 0 Å². The molecule has 1 aliphatic rings. The third-order valence-corrected chi connectivity index (χ3v) is 7.37. The third kappa shape index (κ3) is 5.77. The minimum atomic E-state index is -3.58. The van der Waals surface area contributed by atoms with E-state index in [1.165, 1.54) is 28.6 Å². The number of nitrogens with one attached hydrogen (secondary N) is 1. The number of nitrogens with zero attached hydrogens (tertiary/aromatic N) is 2. The number of carbonyl (C=O) groups is 3. The van der Waals surface area contributed by atoms with Crippen molar-refractivity contribution in [3.8, 4) is 0 Å². The predicted octanol–water partition coefficient (Wildman–Crippen LogP) is 2.64. The van der Waals surface area contributed by atoms with Crippen molar-refractivity contribution in [2.75, 3.05) is 36.5 Å². The van der Waals surface area contributed by atoms with Crippen LogP contribution in [0, 0.1) is 0 Å². The summed E-state index contributed by atoms with van der Waals surface area (Å²) in [6, 6.07) is 12.3. The second kappa shape index (κ2) is 10.6. The fourth-order valence-corrected chi connectivity index (χ4v) is 4.99. The highest BCUT2D eigenvalue weighted by Gasteiger charge is 2.23. The molecule has 1 saturated heterocycles. The minimum Gasteiger partial charge on any atom is -0.452 e. The number of hydrogen-bond donors (Lipinski definition) is 1. The molecule has 1 N–H and O–H groups in total. The Morgan fingerprint density at radius 1 is 1.03 bits per heavy atom. The number of carbonyl (C=O) groups excluding carboxylic acids is 3. The molecule has 2 aromatic carbocycles. The maximum atomic E-state index is 12.5. The van der Waals surface area contributed by atoms with E-state index in [9.17, 15) is 22.8 Å². The molecule has 0 radical (unpaired) electrons. The van der Waals surface area contributed by atoms with Gasteiger partial charge in [0.25, 0.3) is 5.91 Å². The van der Waals surface area contributed by atoms with Crippen molar-refractivity contribution in [1.29, 1.82) is 0 Å². The lowest BCUT2D eigenvalue weighted by Gasteiger charge is -2.18. The summed E-state index contributed by atoms with van der Waals surface area (Å²) in [6.07, 6.45) is 1.33. The Labute approximate surface area is 193 Å². The van der Waals surface area contributed by atoms with Crippen LogP contribution in [0.1, 0.15) is 37.0 Å². The molecular formula is C23H27N3O6S. The van der Waals surface area contributed by atoms with Gasteiger partial charge in [0.15, 0.2) is 6.61 Å². The maximum absolute atomic E-state index is 12.5. The molecule has 2 aromatic rings. The van der Waals surface area contributed by atoms with Crippen LogP contribution in [0.15, 0.2) is 53.4 Å². The first-order chi connectivity index (χ1) is 15.8. The summed E-state index contributed by atoms with van der Waals surface area (Å²) >= 11 is 0. The van der Waals surface area contributed by atoms with E-state index in [-0.39, 0.29) is 16.4 Å². The summed E-state index contributed by atoms with van der Waals surface area (Å²) in [5.74, 6) is -1.16. The number of esters is 1. The molecule has 0 bridgehead atoms. The molecule has 33 heavy (non-hydrogen) atoms. The van der Waals surface area contributed by atoms with Crippen molar-refractivity contribution in [3.63, 3.8) is 0 Å². The Morgan fingerprint density at radius 2 is 1.67 bits per heavy atom. The second-order valence-electron chi connectivity index (χ2n) is 7.43. The van der Waals surface area contributed by atoms with Crippen molar-refractivity contribution in [1.82, 2.24) is 4.31 Å². The molecule has 0 spiro atoms. The molecule has 0 aliphatic carbocycles. The first kappa shape index (κ1) is 24.4. The first-order valence-electron chi connectivity index (χ1n) is 10.7. The predicted molar refractivity (Wildman–Crippen MR) is 123 cm³/mol. The van der Waals surface area contributed by atoms with Gasteiger partial charge in [0, 0.05) is 37.4 Å². The van der Waals surface area contributed by atoms with E-state index < -0.39 is 28.5 Å². The highest BCUT2D eigenvalue weighted by Crippen LogP contribution is 2.22. The lowest BCUT2D eigenvalue weighted by Crippen LogP contribution is -2.30. The molecule has 2 amide bonds. The Kier molecular flexibility index (Phi) is 7.83. The van der Waals surface area contributed by atoms with Crippen LogP contribution in [0.25, 0.3) is 0 Å². The Bertz CT molecular complexity index is 1110. The molecule has 10 heteroatoms. The van der Waals surface area contributed by atoms with Gasteiger partial charge in [-0.25, -0.2) is 13.2 Å². The topological polar surface area (TPSA) is 113 Å². The number of hydrogen-bond acceptors (Lipinski definition) is 6. The normalized spacial score (nSPS) is 13.9. The van der Waals surface area contributed by atoms with Crippen LogP contribution in [-0.2, 0) is 24.3 Å². The van der Waals surface area contributed by atoms with E-state index in [0.717, 1.165) is 12.1 Å². The van der Waals surface area contributed by atoms with E-state index in [4.69, 9.17) is 4.74 Å². The van der Waals surface area contributed by atoms with Crippen LogP contribution in [-0.4, -0.2) is 56.7 Å². The average molecular weight is 474 g/mol.